The van der Waals surface area contributed by atoms with Crippen LogP contribution in [0.15, 0.2) is 18.2 Å². The molecule has 0 aliphatic rings. The van der Waals surface area contributed by atoms with E-state index in [4.69, 9.17) is 14.2 Å². The molecule has 0 fully saturated rings. The van der Waals surface area contributed by atoms with Gasteiger partial charge in [-0.25, -0.2) is 4.79 Å². The number of hydrogen-bond donors (Lipinski definition) is 2. The maximum atomic E-state index is 12.4. The van der Waals surface area contributed by atoms with Crippen molar-refractivity contribution >= 4 is 17.9 Å². The Morgan fingerprint density at radius 1 is 0.960 bits per heavy atom. The second-order valence-electron chi connectivity index (χ2n) is 4.64. The molecule has 1 heterocycles. The smallest absolute Gasteiger partial charge is 0.328 e. The van der Waals surface area contributed by atoms with Gasteiger partial charge in [0.1, 0.15) is 22.9 Å². The van der Waals surface area contributed by atoms with Crippen molar-refractivity contribution in [2.75, 3.05) is 26.6 Å². The number of urea groups is 1. The summed E-state index contributed by atoms with van der Waals surface area (Å²) in [5.41, 5.74) is 0.0899. The van der Waals surface area contributed by atoms with Gasteiger partial charge >= 0.3 is 12.0 Å². The van der Waals surface area contributed by atoms with Crippen molar-refractivity contribution in [1.82, 2.24) is 20.3 Å². The quantitative estimate of drug-likeness (QED) is 0.826. The first-order chi connectivity index (χ1) is 12.0. The van der Waals surface area contributed by atoms with Crippen LogP contribution < -0.4 is 24.8 Å². The van der Waals surface area contributed by atoms with Gasteiger partial charge in [-0.3, -0.25) is 15.4 Å². The number of hydrogen-bond acceptors (Lipinski definition) is 8. The molecule has 132 valence electrons. The minimum Gasteiger partial charge on any atom is -0.496 e. The number of nitrogens with one attached hydrogen (secondary N) is 2. The number of ether oxygens (including phenoxy) is 3. The van der Waals surface area contributed by atoms with Gasteiger partial charge < -0.3 is 14.2 Å². The second-order valence-corrected chi connectivity index (χ2v) is 4.64. The van der Waals surface area contributed by atoms with E-state index in [0.29, 0.717) is 5.82 Å². The van der Waals surface area contributed by atoms with E-state index < -0.39 is 11.9 Å². The molecule has 25 heavy (non-hydrogen) atoms. The van der Waals surface area contributed by atoms with E-state index in [1.54, 1.807) is 25.1 Å². The van der Waals surface area contributed by atoms with Crippen LogP contribution >= 0.6 is 0 Å². The molecule has 3 amide bonds. The maximum Gasteiger partial charge on any atom is 0.328 e. The lowest BCUT2D eigenvalue weighted by Gasteiger charge is -2.12. The van der Waals surface area contributed by atoms with Crippen LogP contribution in [0.25, 0.3) is 0 Å². The number of nitrogens with zero attached hydrogens (tertiary/aromatic N) is 3. The molecule has 1 aromatic heterocycles. The van der Waals surface area contributed by atoms with Crippen molar-refractivity contribution in [3.8, 4) is 17.5 Å². The lowest BCUT2D eigenvalue weighted by atomic mass is 10.1. The molecule has 2 N–H and O–H groups in total. The van der Waals surface area contributed by atoms with Crippen LogP contribution in [0.4, 0.5) is 10.7 Å². The first-order valence-electron chi connectivity index (χ1n) is 7.08. The summed E-state index contributed by atoms with van der Waals surface area (Å²) in [4.78, 5) is 36.1. The molecule has 10 nitrogen and oxygen atoms in total. The fourth-order valence-corrected chi connectivity index (χ4v) is 1.98. The van der Waals surface area contributed by atoms with Crippen molar-refractivity contribution in [3.63, 3.8) is 0 Å². The van der Waals surface area contributed by atoms with Crippen LogP contribution in [0, 0.1) is 6.92 Å². The molecule has 0 radical (unpaired) electrons. The van der Waals surface area contributed by atoms with Gasteiger partial charge in [-0.1, -0.05) is 6.07 Å². The molecular weight excluding hydrogens is 330 g/mol. The molecular formula is C15H17N5O5. The summed E-state index contributed by atoms with van der Waals surface area (Å²) in [6.45, 7) is 1.61. The minimum absolute atomic E-state index is 0.0422. The number of amides is 3. The van der Waals surface area contributed by atoms with E-state index in [-0.39, 0.29) is 29.0 Å². The number of anilines is 1. The second kappa shape index (κ2) is 7.90. The van der Waals surface area contributed by atoms with Gasteiger partial charge in [-0.15, -0.1) is 0 Å². The van der Waals surface area contributed by atoms with Gasteiger partial charge in [0, 0.05) is 0 Å². The normalized spacial score (nSPS) is 9.92. The Labute approximate surface area is 143 Å². The number of imide groups is 1. The summed E-state index contributed by atoms with van der Waals surface area (Å²) >= 11 is 0. The highest BCUT2D eigenvalue weighted by Gasteiger charge is 2.20. The molecule has 0 unspecified atom stereocenters. The highest BCUT2D eigenvalue weighted by atomic mass is 16.5. The van der Waals surface area contributed by atoms with Crippen molar-refractivity contribution < 1.29 is 23.8 Å². The standard InChI is InChI=1S/C15H17N5O5/c1-8-16-13(20-15(17-8)25-4)19-14(22)18-12(21)11-9(23-2)6-5-7-10(11)24-3/h5-7H,1-4H3,(H2,16,17,18,19,20,21,22). The summed E-state index contributed by atoms with van der Waals surface area (Å²) in [6, 6.07) is 4.03. The lowest BCUT2D eigenvalue weighted by molar-refractivity contribution is 0.0961. The number of carbonyl (C=O) groups excluding carboxylic acids is 2. The first kappa shape index (κ1) is 17.9. The minimum atomic E-state index is -0.828. The molecule has 0 saturated carbocycles. The molecule has 0 aliphatic carbocycles. The third kappa shape index (κ3) is 4.31. The Bertz CT molecular complexity index is 774. The molecule has 0 aliphatic heterocycles. The summed E-state index contributed by atoms with van der Waals surface area (Å²) in [7, 11) is 4.20. The van der Waals surface area contributed by atoms with Crippen LogP contribution in [0.1, 0.15) is 16.2 Å². The van der Waals surface area contributed by atoms with E-state index in [2.05, 4.69) is 25.6 Å². The number of aromatic nitrogens is 3. The van der Waals surface area contributed by atoms with Gasteiger partial charge in [0.15, 0.2) is 0 Å². The van der Waals surface area contributed by atoms with Gasteiger partial charge in [-0.05, 0) is 19.1 Å². The zero-order valence-electron chi connectivity index (χ0n) is 14.1. The fourth-order valence-electron chi connectivity index (χ4n) is 1.98. The zero-order valence-corrected chi connectivity index (χ0v) is 14.1. The first-order valence-corrected chi connectivity index (χ1v) is 7.08. The number of carbonyl (C=O) groups is 2. The Morgan fingerprint density at radius 2 is 1.60 bits per heavy atom. The highest BCUT2D eigenvalue weighted by molar-refractivity contribution is 6.10. The summed E-state index contributed by atoms with van der Waals surface area (Å²) in [6.07, 6.45) is 0. The third-order valence-electron chi connectivity index (χ3n) is 3.02. The molecule has 0 bridgehead atoms. The van der Waals surface area contributed by atoms with Gasteiger partial charge in [0.05, 0.1) is 21.3 Å². The van der Waals surface area contributed by atoms with Crippen molar-refractivity contribution in [2.24, 2.45) is 0 Å². The van der Waals surface area contributed by atoms with Crippen molar-refractivity contribution in [3.05, 3.63) is 29.6 Å². The molecule has 10 heteroatoms. The summed E-state index contributed by atoms with van der Waals surface area (Å²) < 4.78 is 15.2. The Hall–Kier alpha value is -3.43. The average molecular weight is 347 g/mol. The van der Waals surface area contributed by atoms with E-state index in [0.717, 1.165) is 0 Å². The molecule has 0 saturated heterocycles. The van der Waals surface area contributed by atoms with Gasteiger partial charge in [0.2, 0.25) is 5.95 Å². The fraction of sp³-hybridized carbons (Fsp3) is 0.267. The Kier molecular flexibility index (Phi) is 5.66. The Balaban J connectivity index is 2.16. The third-order valence-corrected chi connectivity index (χ3v) is 3.02. The van der Waals surface area contributed by atoms with Gasteiger partial charge in [0.25, 0.3) is 5.91 Å². The Morgan fingerprint density at radius 3 is 2.16 bits per heavy atom. The van der Waals surface area contributed by atoms with Crippen molar-refractivity contribution in [2.45, 2.75) is 6.92 Å². The topological polar surface area (TPSA) is 125 Å². The number of rotatable bonds is 5. The van der Waals surface area contributed by atoms with E-state index >= 15 is 0 Å². The molecule has 2 rings (SSSR count). The van der Waals surface area contributed by atoms with Gasteiger partial charge in [-0.2, -0.15) is 15.0 Å². The van der Waals surface area contributed by atoms with Crippen LogP contribution in [0.2, 0.25) is 0 Å². The summed E-state index contributed by atoms with van der Waals surface area (Å²) in [5, 5.41) is 4.50. The van der Waals surface area contributed by atoms with Crippen molar-refractivity contribution in [1.29, 1.82) is 0 Å². The summed E-state index contributed by atoms with van der Waals surface area (Å²) in [5.74, 6) is 0.121. The van der Waals surface area contributed by atoms with Crippen LogP contribution in [-0.4, -0.2) is 48.2 Å². The van der Waals surface area contributed by atoms with Crippen LogP contribution in [-0.2, 0) is 0 Å². The van der Waals surface area contributed by atoms with E-state index in [1.165, 1.54) is 21.3 Å². The molecule has 0 spiro atoms. The van der Waals surface area contributed by atoms with Crippen LogP contribution in [0.3, 0.4) is 0 Å². The number of methoxy groups -OCH3 is 3. The predicted molar refractivity (Wildman–Crippen MR) is 87.1 cm³/mol. The SMILES string of the molecule is COc1nc(C)nc(NC(=O)NC(=O)c2c(OC)cccc2OC)n1. The lowest BCUT2D eigenvalue weighted by Crippen LogP contribution is -2.35. The molecule has 1 aromatic carbocycles. The maximum absolute atomic E-state index is 12.4. The predicted octanol–water partition coefficient (Wildman–Crippen LogP) is 1.17. The molecule has 2 aromatic rings. The molecule has 0 atom stereocenters. The largest absolute Gasteiger partial charge is 0.496 e. The van der Waals surface area contributed by atoms with E-state index in [9.17, 15) is 9.59 Å². The van der Waals surface area contributed by atoms with Crippen LogP contribution in [0.5, 0.6) is 17.5 Å². The number of aryl methyl sites for hydroxylation is 1. The monoisotopic (exact) mass is 347 g/mol. The number of benzene rings is 1. The zero-order chi connectivity index (χ0) is 18.4. The average Bonchev–Trinajstić information content (AvgIpc) is 2.59. The van der Waals surface area contributed by atoms with E-state index in [1.807, 2.05) is 0 Å². The highest BCUT2D eigenvalue weighted by Crippen LogP contribution is 2.27.